The van der Waals surface area contributed by atoms with E-state index in [0.29, 0.717) is 24.1 Å². The molecule has 1 aliphatic rings. The molecule has 2 atom stereocenters. The van der Waals surface area contributed by atoms with Gasteiger partial charge in [-0.05, 0) is 37.7 Å². The second-order valence-corrected chi connectivity index (χ2v) is 6.09. The number of nitrogens with zero attached hydrogens (tertiary/aromatic N) is 1. The number of nitrogens with one attached hydrogen (secondary N) is 1. The summed E-state index contributed by atoms with van der Waals surface area (Å²) in [6.45, 7) is 4.86. The second-order valence-electron chi connectivity index (χ2n) is 6.09. The molecule has 122 valence electrons. The number of rotatable bonds is 6. The van der Waals surface area contributed by atoms with E-state index in [-0.39, 0.29) is 5.91 Å². The molecule has 0 saturated heterocycles. The van der Waals surface area contributed by atoms with Gasteiger partial charge in [-0.1, -0.05) is 20.3 Å². The lowest BCUT2D eigenvalue weighted by molar-refractivity contribution is -0.148. The van der Waals surface area contributed by atoms with E-state index in [9.17, 15) is 4.79 Å². The van der Waals surface area contributed by atoms with Crippen LogP contribution in [0.5, 0.6) is 5.88 Å². The maximum atomic E-state index is 12.8. The van der Waals surface area contributed by atoms with Crippen molar-refractivity contribution in [1.29, 1.82) is 0 Å². The SMILES string of the molecule is CCCO[C@@]1(C(=O)Nc2ccc(OC)nc2)CCC[C@H](C)C1. The van der Waals surface area contributed by atoms with Crippen molar-refractivity contribution in [2.24, 2.45) is 5.92 Å². The zero-order chi connectivity index (χ0) is 16.0. The molecule has 1 N–H and O–H groups in total. The van der Waals surface area contributed by atoms with Crippen molar-refractivity contribution in [2.75, 3.05) is 19.0 Å². The summed E-state index contributed by atoms with van der Waals surface area (Å²) in [7, 11) is 1.57. The highest BCUT2D eigenvalue weighted by atomic mass is 16.5. The highest BCUT2D eigenvalue weighted by Crippen LogP contribution is 2.36. The van der Waals surface area contributed by atoms with Crippen LogP contribution >= 0.6 is 0 Å². The molecule has 2 rings (SSSR count). The zero-order valence-electron chi connectivity index (χ0n) is 13.7. The largest absolute Gasteiger partial charge is 0.481 e. The molecule has 1 aliphatic carbocycles. The van der Waals surface area contributed by atoms with Crippen LogP contribution in [0.25, 0.3) is 0 Å². The maximum Gasteiger partial charge on any atom is 0.256 e. The van der Waals surface area contributed by atoms with Crippen molar-refractivity contribution in [3.63, 3.8) is 0 Å². The van der Waals surface area contributed by atoms with Crippen LogP contribution < -0.4 is 10.1 Å². The van der Waals surface area contributed by atoms with Crippen molar-refractivity contribution in [1.82, 2.24) is 4.98 Å². The lowest BCUT2D eigenvalue weighted by Gasteiger charge is -2.38. The quantitative estimate of drug-likeness (QED) is 0.875. The van der Waals surface area contributed by atoms with Crippen LogP contribution in [-0.4, -0.2) is 30.2 Å². The van der Waals surface area contributed by atoms with E-state index >= 15 is 0 Å². The predicted molar refractivity (Wildman–Crippen MR) is 86.0 cm³/mol. The van der Waals surface area contributed by atoms with Gasteiger partial charge in [-0.25, -0.2) is 4.98 Å². The fourth-order valence-electron chi connectivity index (χ4n) is 3.02. The molecule has 5 heteroatoms. The summed E-state index contributed by atoms with van der Waals surface area (Å²) < 4.78 is 11.0. The molecule has 0 aliphatic heterocycles. The molecule has 22 heavy (non-hydrogen) atoms. The number of hydrogen-bond acceptors (Lipinski definition) is 4. The summed E-state index contributed by atoms with van der Waals surface area (Å²) in [5.41, 5.74) is -0.0309. The van der Waals surface area contributed by atoms with Gasteiger partial charge in [-0.15, -0.1) is 0 Å². The number of ether oxygens (including phenoxy) is 2. The Kier molecular flexibility index (Phi) is 5.77. The van der Waals surface area contributed by atoms with Crippen molar-refractivity contribution in [3.05, 3.63) is 18.3 Å². The minimum atomic E-state index is -0.701. The fraction of sp³-hybridized carbons (Fsp3) is 0.647. The smallest absolute Gasteiger partial charge is 0.256 e. The van der Waals surface area contributed by atoms with E-state index in [0.717, 1.165) is 32.1 Å². The lowest BCUT2D eigenvalue weighted by Crippen LogP contribution is -2.48. The summed E-state index contributed by atoms with van der Waals surface area (Å²) >= 11 is 0. The van der Waals surface area contributed by atoms with Crippen LogP contribution in [0.1, 0.15) is 46.0 Å². The number of methoxy groups -OCH3 is 1. The lowest BCUT2D eigenvalue weighted by atomic mass is 9.78. The molecule has 1 saturated carbocycles. The first-order chi connectivity index (χ1) is 10.6. The van der Waals surface area contributed by atoms with Gasteiger partial charge in [0.15, 0.2) is 0 Å². The number of anilines is 1. The van der Waals surface area contributed by atoms with Crippen LogP contribution in [0.15, 0.2) is 18.3 Å². The number of amides is 1. The number of carbonyl (C=O) groups excluding carboxylic acids is 1. The average Bonchev–Trinajstić information content (AvgIpc) is 2.53. The third-order valence-electron chi connectivity index (χ3n) is 4.16. The third kappa shape index (κ3) is 3.97. The number of pyridine rings is 1. The van der Waals surface area contributed by atoms with Crippen LogP contribution in [-0.2, 0) is 9.53 Å². The van der Waals surface area contributed by atoms with Gasteiger partial charge in [-0.2, -0.15) is 0 Å². The van der Waals surface area contributed by atoms with E-state index in [1.165, 1.54) is 0 Å². The van der Waals surface area contributed by atoms with Gasteiger partial charge in [0.05, 0.1) is 19.0 Å². The zero-order valence-corrected chi connectivity index (χ0v) is 13.7. The van der Waals surface area contributed by atoms with Gasteiger partial charge in [0.1, 0.15) is 5.60 Å². The molecule has 0 unspecified atom stereocenters. The van der Waals surface area contributed by atoms with Gasteiger partial charge in [0.2, 0.25) is 5.88 Å². The Labute approximate surface area is 132 Å². The summed E-state index contributed by atoms with van der Waals surface area (Å²) in [4.78, 5) is 16.9. The van der Waals surface area contributed by atoms with Crippen molar-refractivity contribution in [2.45, 2.75) is 51.6 Å². The Balaban J connectivity index is 2.10. The van der Waals surface area contributed by atoms with Gasteiger partial charge in [0.25, 0.3) is 5.91 Å². The highest BCUT2D eigenvalue weighted by Gasteiger charge is 2.42. The minimum Gasteiger partial charge on any atom is -0.481 e. The molecular weight excluding hydrogens is 280 g/mol. The molecule has 0 radical (unpaired) electrons. The van der Waals surface area contributed by atoms with Crippen molar-refractivity contribution >= 4 is 11.6 Å². The number of hydrogen-bond donors (Lipinski definition) is 1. The molecule has 0 spiro atoms. The first-order valence-electron chi connectivity index (χ1n) is 8.05. The summed E-state index contributed by atoms with van der Waals surface area (Å²) in [6, 6.07) is 3.53. The molecule has 0 aromatic carbocycles. The summed E-state index contributed by atoms with van der Waals surface area (Å²) in [5, 5.41) is 2.95. The first-order valence-corrected chi connectivity index (χ1v) is 8.05. The normalized spacial score (nSPS) is 24.8. The Hall–Kier alpha value is -1.62. The Morgan fingerprint density at radius 1 is 1.50 bits per heavy atom. The number of aromatic nitrogens is 1. The van der Waals surface area contributed by atoms with E-state index in [4.69, 9.17) is 9.47 Å². The Morgan fingerprint density at radius 2 is 2.32 bits per heavy atom. The van der Waals surface area contributed by atoms with Gasteiger partial charge in [0, 0.05) is 12.7 Å². The molecule has 0 bridgehead atoms. The summed E-state index contributed by atoms with van der Waals surface area (Å²) in [5.74, 6) is 0.978. The van der Waals surface area contributed by atoms with E-state index in [1.807, 2.05) is 0 Å². The van der Waals surface area contributed by atoms with E-state index in [1.54, 1.807) is 25.4 Å². The van der Waals surface area contributed by atoms with Crippen LogP contribution in [0.3, 0.4) is 0 Å². The van der Waals surface area contributed by atoms with Crippen LogP contribution in [0, 0.1) is 5.92 Å². The van der Waals surface area contributed by atoms with Crippen molar-refractivity contribution in [3.8, 4) is 5.88 Å². The fourth-order valence-corrected chi connectivity index (χ4v) is 3.02. The van der Waals surface area contributed by atoms with E-state index in [2.05, 4.69) is 24.1 Å². The Bertz CT molecular complexity index is 489. The van der Waals surface area contributed by atoms with Gasteiger partial charge < -0.3 is 14.8 Å². The molecular formula is C17H26N2O3. The maximum absolute atomic E-state index is 12.8. The standard InChI is InChI=1S/C17H26N2O3/c1-4-10-22-17(9-5-6-13(2)11-17)16(20)19-14-7-8-15(21-3)18-12-14/h7-8,12-13H,4-6,9-11H2,1-3H3,(H,19,20)/t13-,17-/m0/s1. The first kappa shape index (κ1) is 16.7. The molecule has 1 fully saturated rings. The van der Waals surface area contributed by atoms with Gasteiger partial charge in [-0.3, -0.25) is 4.79 Å². The Morgan fingerprint density at radius 3 is 2.91 bits per heavy atom. The minimum absolute atomic E-state index is 0.0560. The van der Waals surface area contributed by atoms with E-state index < -0.39 is 5.60 Å². The molecule has 1 aromatic rings. The third-order valence-corrected chi connectivity index (χ3v) is 4.16. The highest BCUT2D eigenvalue weighted by molar-refractivity contribution is 5.97. The molecule has 1 aromatic heterocycles. The monoisotopic (exact) mass is 306 g/mol. The number of carbonyl (C=O) groups is 1. The summed E-state index contributed by atoms with van der Waals surface area (Å²) in [6.07, 6.45) is 6.27. The predicted octanol–water partition coefficient (Wildman–Crippen LogP) is 3.40. The van der Waals surface area contributed by atoms with Crippen molar-refractivity contribution < 1.29 is 14.3 Å². The average molecular weight is 306 g/mol. The van der Waals surface area contributed by atoms with Crippen LogP contribution in [0.2, 0.25) is 0 Å². The molecule has 1 amide bonds. The van der Waals surface area contributed by atoms with Gasteiger partial charge >= 0.3 is 0 Å². The van der Waals surface area contributed by atoms with Crippen LogP contribution in [0.4, 0.5) is 5.69 Å². The topological polar surface area (TPSA) is 60.5 Å². The molecule has 5 nitrogen and oxygen atoms in total. The second kappa shape index (κ2) is 7.58. The molecule has 1 heterocycles.